The standard InChI is InChI=1S/C21H30N6O/c1-15-7-10-22-20(23-15)27-12-6-9-21(14-27)8-5-11-26(13-21)19(28)18-16(2)24-25(4)17(18)3/h7,10H,5-6,8-9,11-14H2,1-4H3. The molecule has 1 spiro atoms. The smallest absolute Gasteiger partial charge is 0.257 e. The molecule has 4 rings (SSSR count). The summed E-state index contributed by atoms with van der Waals surface area (Å²) in [6.07, 6.45) is 6.31. The van der Waals surface area contributed by atoms with Gasteiger partial charge in [0.25, 0.3) is 5.91 Å². The van der Waals surface area contributed by atoms with Gasteiger partial charge >= 0.3 is 0 Å². The van der Waals surface area contributed by atoms with Gasteiger partial charge in [-0.25, -0.2) is 9.97 Å². The zero-order valence-electron chi connectivity index (χ0n) is 17.4. The summed E-state index contributed by atoms with van der Waals surface area (Å²) in [5.74, 6) is 0.951. The molecular formula is C21H30N6O. The summed E-state index contributed by atoms with van der Waals surface area (Å²) < 4.78 is 1.81. The zero-order chi connectivity index (χ0) is 19.9. The molecule has 0 saturated carbocycles. The fourth-order valence-electron chi connectivity index (χ4n) is 4.92. The number of nitrogens with zero attached hydrogens (tertiary/aromatic N) is 6. The van der Waals surface area contributed by atoms with Crippen LogP contribution in [-0.4, -0.2) is 56.7 Å². The molecule has 7 heteroatoms. The number of amides is 1. The van der Waals surface area contributed by atoms with Crippen molar-refractivity contribution >= 4 is 11.9 Å². The van der Waals surface area contributed by atoms with E-state index in [1.165, 1.54) is 0 Å². The monoisotopic (exact) mass is 382 g/mol. The number of aromatic nitrogens is 4. The van der Waals surface area contributed by atoms with Gasteiger partial charge in [-0.3, -0.25) is 9.48 Å². The molecular weight excluding hydrogens is 352 g/mol. The van der Waals surface area contributed by atoms with Gasteiger partial charge in [0.05, 0.1) is 11.3 Å². The lowest BCUT2D eigenvalue weighted by molar-refractivity contribution is 0.0463. The van der Waals surface area contributed by atoms with Crippen LogP contribution in [-0.2, 0) is 7.05 Å². The molecule has 1 unspecified atom stereocenters. The lowest BCUT2D eigenvalue weighted by atomic mass is 9.73. The molecule has 2 fully saturated rings. The Morgan fingerprint density at radius 1 is 1.11 bits per heavy atom. The van der Waals surface area contributed by atoms with Crippen molar-refractivity contribution in [2.24, 2.45) is 12.5 Å². The van der Waals surface area contributed by atoms with Crippen LogP contribution >= 0.6 is 0 Å². The average molecular weight is 383 g/mol. The van der Waals surface area contributed by atoms with E-state index in [4.69, 9.17) is 0 Å². The van der Waals surface area contributed by atoms with Crippen molar-refractivity contribution in [1.29, 1.82) is 0 Å². The number of hydrogen-bond acceptors (Lipinski definition) is 5. The van der Waals surface area contributed by atoms with Gasteiger partial charge in [-0.15, -0.1) is 0 Å². The Morgan fingerprint density at radius 2 is 1.86 bits per heavy atom. The van der Waals surface area contributed by atoms with Crippen LogP contribution in [0.3, 0.4) is 0 Å². The summed E-state index contributed by atoms with van der Waals surface area (Å²) in [6.45, 7) is 9.45. The zero-order valence-corrected chi connectivity index (χ0v) is 17.4. The number of carbonyl (C=O) groups excluding carboxylic acids is 1. The van der Waals surface area contributed by atoms with Crippen LogP contribution in [0.5, 0.6) is 0 Å². The molecule has 28 heavy (non-hydrogen) atoms. The summed E-state index contributed by atoms with van der Waals surface area (Å²) in [6, 6.07) is 1.93. The van der Waals surface area contributed by atoms with Gasteiger partial charge in [0, 0.05) is 56.2 Å². The van der Waals surface area contributed by atoms with Crippen molar-refractivity contribution in [3.63, 3.8) is 0 Å². The van der Waals surface area contributed by atoms with Crippen LogP contribution in [0.15, 0.2) is 12.3 Å². The van der Waals surface area contributed by atoms with E-state index in [0.29, 0.717) is 0 Å². The largest absolute Gasteiger partial charge is 0.340 e. The highest BCUT2D eigenvalue weighted by Crippen LogP contribution is 2.39. The SMILES string of the molecule is Cc1ccnc(N2CCCC3(CCCN(C(=O)c4c(C)nn(C)c4C)C3)C2)n1. The third kappa shape index (κ3) is 3.38. The number of rotatable bonds is 2. The molecule has 2 aromatic rings. The van der Waals surface area contributed by atoms with E-state index in [2.05, 4.69) is 24.9 Å². The molecule has 0 radical (unpaired) electrons. The minimum absolute atomic E-state index is 0.128. The van der Waals surface area contributed by atoms with Crippen LogP contribution in [0.25, 0.3) is 0 Å². The highest BCUT2D eigenvalue weighted by atomic mass is 16.2. The Morgan fingerprint density at radius 3 is 2.54 bits per heavy atom. The van der Waals surface area contributed by atoms with E-state index >= 15 is 0 Å². The van der Waals surface area contributed by atoms with Gasteiger partial charge in [0.2, 0.25) is 5.95 Å². The lowest BCUT2D eigenvalue weighted by Gasteiger charge is -2.48. The maximum atomic E-state index is 13.3. The van der Waals surface area contributed by atoms with E-state index in [1.54, 1.807) is 4.68 Å². The average Bonchev–Trinajstić information content (AvgIpc) is 2.93. The normalized spacial score (nSPS) is 22.7. The van der Waals surface area contributed by atoms with Gasteiger partial charge < -0.3 is 9.80 Å². The number of carbonyl (C=O) groups is 1. The first kappa shape index (κ1) is 18.9. The van der Waals surface area contributed by atoms with E-state index < -0.39 is 0 Å². The Kier molecular flexibility index (Phi) is 4.85. The summed E-state index contributed by atoms with van der Waals surface area (Å²) in [7, 11) is 1.90. The highest BCUT2D eigenvalue weighted by molar-refractivity contribution is 5.96. The van der Waals surface area contributed by atoms with Crippen molar-refractivity contribution in [3.8, 4) is 0 Å². The molecule has 1 atom stereocenters. The van der Waals surface area contributed by atoms with Crippen LogP contribution in [0.4, 0.5) is 5.95 Å². The van der Waals surface area contributed by atoms with E-state index in [-0.39, 0.29) is 11.3 Å². The fraction of sp³-hybridized carbons (Fsp3) is 0.619. The topological polar surface area (TPSA) is 67.2 Å². The minimum Gasteiger partial charge on any atom is -0.340 e. The summed E-state index contributed by atoms with van der Waals surface area (Å²) in [4.78, 5) is 26.8. The minimum atomic E-state index is 0.128. The van der Waals surface area contributed by atoms with Gasteiger partial charge in [0.1, 0.15) is 0 Å². The van der Waals surface area contributed by atoms with Gasteiger partial charge in [-0.05, 0) is 52.5 Å². The molecule has 0 N–H and O–H groups in total. The van der Waals surface area contributed by atoms with Gasteiger partial charge in [-0.2, -0.15) is 5.10 Å². The first-order valence-corrected chi connectivity index (χ1v) is 10.2. The second-order valence-corrected chi connectivity index (χ2v) is 8.52. The van der Waals surface area contributed by atoms with Crippen molar-refractivity contribution in [2.45, 2.75) is 46.5 Å². The van der Waals surface area contributed by atoms with Gasteiger partial charge in [-0.1, -0.05) is 0 Å². The van der Waals surface area contributed by atoms with Crippen molar-refractivity contribution < 1.29 is 4.79 Å². The van der Waals surface area contributed by atoms with Crippen LogP contribution in [0.2, 0.25) is 0 Å². The Hall–Kier alpha value is -2.44. The number of hydrogen-bond donors (Lipinski definition) is 0. The number of anilines is 1. The Balaban J connectivity index is 1.54. The second kappa shape index (κ2) is 7.18. The predicted molar refractivity (Wildman–Crippen MR) is 108 cm³/mol. The summed E-state index contributed by atoms with van der Waals surface area (Å²) in [5.41, 5.74) is 3.66. The summed E-state index contributed by atoms with van der Waals surface area (Å²) in [5, 5.41) is 4.43. The Labute approximate surface area is 166 Å². The molecule has 0 aromatic carbocycles. The molecule has 2 saturated heterocycles. The molecule has 2 aliphatic heterocycles. The molecule has 150 valence electrons. The second-order valence-electron chi connectivity index (χ2n) is 8.52. The maximum absolute atomic E-state index is 13.3. The van der Waals surface area contributed by atoms with E-state index in [9.17, 15) is 4.79 Å². The number of aryl methyl sites for hydroxylation is 3. The lowest BCUT2D eigenvalue weighted by Crippen LogP contribution is -2.54. The van der Waals surface area contributed by atoms with Crippen LogP contribution in [0, 0.1) is 26.2 Å². The fourth-order valence-corrected chi connectivity index (χ4v) is 4.92. The van der Waals surface area contributed by atoms with Crippen LogP contribution < -0.4 is 4.90 Å². The van der Waals surface area contributed by atoms with E-state index in [0.717, 1.165) is 80.5 Å². The molecule has 7 nitrogen and oxygen atoms in total. The number of piperidine rings is 2. The molecule has 0 bridgehead atoms. The molecule has 1 amide bonds. The first-order valence-electron chi connectivity index (χ1n) is 10.2. The number of likely N-dealkylation sites (tertiary alicyclic amines) is 1. The maximum Gasteiger partial charge on any atom is 0.257 e. The van der Waals surface area contributed by atoms with E-state index in [1.807, 2.05) is 40.1 Å². The highest BCUT2D eigenvalue weighted by Gasteiger charge is 2.41. The molecule has 4 heterocycles. The quantitative estimate of drug-likeness (QED) is 0.799. The van der Waals surface area contributed by atoms with Gasteiger partial charge in [0.15, 0.2) is 0 Å². The van der Waals surface area contributed by atoms with Crippen molar-refractivity contribution in [2.75, 3.05) is 31.1 Å². The Bertz CT molecular complexity index is 887. The van der Waals surface area contributed by atoms with Crippen molar-refractivity contribution in [3.05, 3.63) is 34.9 Å². The first-order chi connectivity index (χ1) is 13.4. The molecule has 0 aliphatic carbocycles. The third-order valence-corrected chi connectivity index (χ3v) is 6.40. The predicted octanol–water partition coefficient (Wildman–Crippen LogP) is 2.66. The molecule has 2 aromatic heterocycles. The van der Waals surface area contributed by atoms with Crippen molar-refractivity contribution in [1.82, 2.24) is 24.6 Å². The molecule has 2 aliphatic rings. The third-order valence-electron chi connectivity index (χ3n) is 6.40. The van der Waals surface area contributed by atoms with Crippen LogP contribution in [0.1, 0.15) is 53.1 Å². The summed E-state index contributed by atoms with van der Waals surface area (Å²) >= 11 is 0.